The number of amides is 1. The molecule has 3 rings (SSSR count). The third kappa shape index (κ3) is 2.57. The van der Waals surface area contributed by atoms with Gasteiger partial charge in [0.05, 0.1) is 11.3 Å². The molecule has 6 heteroatoms. The van der Waals surface area contributed by atoms with Gasteiger partial charge in [0.1, 0.15) is 5.69 Å². The standard InChI is InChI=1S/C14H11ClN4O/c15-10-7-13(17-8-10)14(20)18-11-1-3-12(4-2-11)19-6-5-16-9-19/h1-9,17H,(H,18,20). The van der Waals surface area contributed by atoms with Crippen LogP contribution < -0.4 is 5.32 Å². The fraction of sp³-hybridized carbons (Fsp3) is 0. The highest BCUT2D eigenvalue weighted by atomic mass is 35.5. The van der Waals surface area contributed by atoms with E-state index < -0.39 is 0 Å². The van der Waals surface area contributed by atoms with E-state index in [-0.39, 0.29) is 5.91 Å². The molecule has 0 fully saturated rings. The van der Waals surface area contributed by atoms with Crippen LogP contribution in [-0.4, -0.2) is 20.4 Å². The molecule has 0 radical (unpaired) electrons. The topological polar surface area (TPSA) is 62.7 Å². The van der Waals surface area contributed by atoms with Gasteiger partial charge in [0, 0.05) is 30.0 Å². The van der Waals surface area contributed by atoms with E-state index in [1.165, 1.54) is 0 Å². The number of nitrogens with one attached hydrogen (secondary N) is 2. The molecule has 2 aromatic heterocycles. The molecular formula is C14H11ClN4O. The highest BCUT2D eigenvalue weighted by Gasteiger charge is 2.08. The van der Waals surface area contributed by atoms with Gasteiger partial charge in [0.25, 0.3) is 5.91 Å². The van der Waals surface area contributed by atoms with Gasteiger partial charge in [0.15, 0.2) is 0 Å². The maximum absolute atomic E-state index is 11.9. The fourth-order valence-corrected chi connectivity index (χ4v) is 1.99. The van der Waals surface area contributed by atoms with Gasteiger partial charge < -0.3 is 14.9 Å². The van der Waals surface area contributed by atoms with E-state index in [0.717, 1.165) is 5.69 Å². The zero-order chi connectivity index (χ0) is 13.9. The van der Waals surface area contributed by atoms with Gasteiger partial charge in [-0.2, -0.15) is 0 Å². The lowest BCUT2D eigenvalue weighted by molar-refractivity contribution is 0.102. The SMILES string of the molecule is O=C(Nc1ccc(-n2ccnc2)cc1)c1cc(Cl)c[nH]1. The van der Waals surface area contributed by atoms with Crippen LogP contribution in [0.5, 0.6) is 0 Å². The largest absolute Gasteiger partial charge is 0.356 e. The first-order valence-corrected chi connectivity index (χ1v) is 6.34. The Morgan fingerprint density at radius 2 is 2.10 bits per heavy atom. The molecular weight excluding hydrogens is 276 g/mol. The van der Waals surface area contributed by atoms with Gasteiger partial charge in [-0.1, -0.05) is 11.6 Å². The maximum Gasteiger partial charge on any atom is 0.272 e. The minimum atomic E-state index is -0.229. The zero-order valence-corrected chi connectivity index (χ0v) is 11.1. The molecule has 100 valence electrons. The Balaban J connectivity index is 1.74. The fourth-order valence-electron chi connectivity index (χ4n) is 1.83. The number of carbonyl (C=O) groups is 1. The number of benzene rings is 1. The van der Waals surface area contributed by atoms with Gasteiger partial charge >= 0.3 is 0 Å². The Morgan fingerprint density at radius 1 is 1.30 bits per heavy atom. The van der Waals surface area contributed by atoms with Crippen LogP contribution in [0.15, 0.2) is 55.2 Å². The second-order valence-corrected chi connectivity index (χ2v) is 4.64. The summed E-state index contributed by atoms with van der Waals surface area (Å²) < 4.78 is 1.89. The van der Waals surface area contributed by atoms with Crippen molar-refractivity contribution in [3.05, 3.63) is 66.0 Å². The Kier molecular flexibility index (Phi) is 3.26. The Hall–Kier alpha value is -2.53. The van der Waals surface area contributed by atoms with Gasteiger partial charge in [-0.25, -0.2) is 4.98 Å². The summed E-state index contributed by atoms with van der Waals surface area (Å²) in [7, 11) is 0. The summed E-state index contributed by atoms with van der Waals surface area (Å²) in [6.45, 7) is 0. The van der Waals surface area contributed by atoms with Crippen molar-refractivity contribution < 1.29 is 4.79 Å². The quantitative estimate of drug-likeness (QED) is 0.777. The van der Waals surface area contributed by atoms with Crippen molar-refractivity contribution in [2.75, 3.05) is 5.32 Å². The first kappa shape index (κ1) is 12.5. The number of hydrogen-bond donors (Lipinski definition) is 2. The lowest BCUT2D eigenvalue weighted by Crippen LogP contribution is -2.12. The van der Waals surface area contributed by atoms with E-state index in [9.17, 15) is 4.79 Å². The van der Waals surface area contributed by atoms with Crippen LogP contribution in [0.4, 0.5) is 5.69 Å². The van der Waals surface area contributed by atoms with Crippen molar-refractivity contribution in [1.29, 1.82) is 0 Å². The number of imidazole rings is 1. The lowest BCUT2D eigenvalue weighted by Gasteiger charge is -2.06. The van der Waals surface area contributed by atoms with Gasteiger partial charge in [-0.3, -0.25) is 4.79 Å². The van der Waals surface area contributed by atoms with Crippen LogP contribution in [0, 0.1) is 0 Å². The summed E-state index contributed by atoms with van der Waals surface area (Å²) >= 11 is 5.77. The van der Waals surface area contributed by atoms with Crippen molar-refractivity contribution in [3.8, 4) is 5.69 Å². The molecule has 20 heavy (non-hydrogen) atoms. The summed E-state index contributed by atoms with van der Waals surface area (Å²) in [4.78, 5) is 18.7. The van der Waals surface area contributed by atoms with E-state index in [1.54, 1.807) is 24.8 Å². The van der Waals surface area contributed by atoms with Crippen LogP contribution in [0.3, 0.4) is 0 Å². The van der Waals surface area contributed by atoms with Crippen molar-refractivity contribution in [3.63, 3.8) is 0 Å². The van der Waals surface area contributed by atoms with Crippen molar-refractivity contribution in [1.82, 2.24) is 14.5 Å². The summed E-state index contributed by atoms with van der Waals surface area (Å²) in [5.74, 6) is -0.229. The maximum atomic E-state index is 11.9. The predicted octanol–water partition coefficient (Wildman–Crippen LogP) is 3.11. The van der Waals surface area contributed by atoms with E-state index >= 15 is 0 Å². The minimum Gasteiger partial charge on any atom is -0.356 e. The van der Waals surface area contributed by atoms with Crippen molar-refractivity contribution in [2.45, 2.75) is 0 Å². The lowest BCUT2D eigenvalue weighted by atomic mass is 10.2. The van der Waals surface area contributed by atoms with Gasteiger partial charge in [-0.05, 0) is 30.3 Å². The minimum absolute atomic E-state index is 0.229. The molecule has 1 aromatic carbocycles. The Bertz CT molecular complexity index is 716. The number of nitrogens with zero attached hydrogens (tertiary/aromatic N) is 2. The third-order valence-electron chi connectivity index (χ3n) is 2.82. The highest BCUT2D eigenvalue weighted by molar-refractivity contribution is 6.31. The van der Waals surface area contributed by atoms with E-state index in [2.05, 4.69) is 15.3 Å². The molecule has 3 aromatic rings. The highest BCUT2D eigenvalue weighted by Crippen LogP contribution is 2.15. The van der Waals surface area contributed by atoms with Crippen LogP contribution in [-0.2, 0) is 0 Å². The molecule has 0 aliphatic rings. The number of anilines is 1. The number of rotatable bonds is 3. The molecule has 0 aliphatic heterocycles. The second kappa shape index (κ2) is 5.22. The summed E-state index contributed by atoms with van der Waals surface area (Å²) in [6, 6.07) is 9.05. The third-order valence-corrected chi connectivity index (χ3v) is 3.04. The van der Waals surface area contributed by atoms with Gasteiger partial charge in [0.2, 0.25) is 0 Å². The normalized spacial score (nSPS) is 10.4. The second-order valence-electron chi connectivity index (χ2n) is 4.20. The number of aromatic nitrogens is 3. The van der Waals surface area contributed by atoms with Crippen LogP contribution in [0.25, 0.3) is 5.69 Å². The molecule has 0 saturated heterocycles. The average molecular weight is 287 g/mol. The molecule has 5 nitrogen and oxygen atoms in total. The molecule has 1 amide bonds. The molecule has 0 bridgehead atoms. The Labute approximate surface area is 120 Å². The van der Waals surface area contributed by atoms with Crippen molar-refractivity contribution in [2.24, 2.45) is 0 Å². The first-order chi connectivity index (χ1) is 9.72. The van der Waals surface area contributed by atoms with E-state index in [0.29, 0.717) is 16.4 Å². The smallest absolute Gasteiger partial charge is 0.272 e. The average Bonchev–Trinajstić information content (AvgIpc) is 3.10. The molecule has 2 N–H and O–H groups in total. The first-order valence-electron chi connectivity index (χ1n) is 5.96. The van der Waals surface area contributed by atoms with Crippen LogP contribution in [0.2, 0.25) is 5.02 Å². The predicted molar refractivity (Wildman–Crippen MR) is 77.3 cm³/mol. The van der Waals surface area contributed by atoms with E-state index in [4.69, 9.17) is 11.6 Å². The van der Waals surface area contributed by atoms with Crippen LogP contribution in [0.1, 0.15) is 10.5 Å². The van der Waals surface area contributed by atoms with Crippen LogP contribution >= 0.6 is 11.6 Å². The summed E-state index contributed by atoms with van der Waals surface area (Å²) in [5.41, 5.74) is 2.11. The monoisotopic (exact) mass is 286 g/mol. The molecule has 0 saturated carbocycles. The molecule has 0 unspecified atom stereocenters. The number of aromatic amines is 1. The van der Waals surface area contributed by atoms with Gasteiger partial charge in [-0.15, -0.1) is 0 Å². The summed E-state index contributed by atoms with van der Waals surface area (Å²) in [6.07, 6.45) is 6.85. The number of carbonyl (C=O) groups excluding carboxylic acids is 1. The number of hydrogen-bond acceptors (Lipinski definition) is 2. The number of halogens is 1. The van der Waals surface area contributed by atoms with Crippen molar-refractivity contribution >= 4 is 23.2 Å². The van der Waals surface area contributed by atoms with E-state index in [1.807, 2.05) is 35.0 Å². The number of H-pyrrole nitrogens is 1. The molecule has 2 heterocycles. The zero-order valence-electron chi connectivity index (χ0n) is 10.4. The Morgan fingerprint density at radius 3 is 2.70 bits per heavy atom. The summed E-state index contributed by atoms with van der Waals surface area (Å²) in [5, 5.41) is 3.30. The molecule has 0 atom stereocenters. The molecule has 0 aliphatic carbocycles. The molecule has 0 spiro atoms.